The molecule has 0 saturated carbocycles. The highest BCUT2D eigenvalue weighted by atomic mass is 32.2. The van der Waals surface area contributed by atoms with Gasteiger partial charge in [-0.1, -0.05) is 65.9 Å². The van der Waals surface area contributed by atoms with Crippen molar-refractivity contribution in [1.82, 2.24) is 9.97 Å². The van der Waals surface area contributed by atoms with Gasteiger partial charge >= 0.3 is 0 Å². The van der Waals surface area contributed by atoms with Crippen molar-refractivity contribution >= 4 is 23.4 Å². The van der Waals surface area contributed by atoms with Gasteiger partial charge in [-0.15, -0.1) is 0 Å². The lowest BCUT2D eigenvalue weighted by Crippen LogP contribution is -2.44. The number of Topliss-reactive ketones (excluding diaryl/α,β-unsaturated/α-hetero) is 1. The molecule has 0 radical (unpaired) electrons. The van der Waals surface area contributed by atoms with Gasteiger partial charge in [-0.3, -0.25) is 4.79 Å². The van der Waals surface area contributed by atoms with E-state index in [0.717, 1.165) is 54.3 Å². The molecule has 1 aromatic heterocycles. The Morgan fingerprint density at radius 2 is 1.84 bits per heavy atom. The minimum atomic E-state index is 0.108. The van der Waals surface area contributed by atoms with Crippen LogP contribution >= 0.6 is 11.8 Å². The second kappa shape index (κ2) is 8.68. The molecule has 0 amide bonds. The molecule has 0 unspecified atom stereocenters. The second-order valence-electron chi connectivity index (χ2n) is 8.99. The number of carbonyl (C=O) groups is 1. The first-order valence-corrected chi connectivity index (χ1v) is 12.2. The lowest BCUT2D eigenvalue weighted by Gasteiger charge is -2.42. The summed E-state index contributed by atoms with van der Waals surface area (Å²) in [6, 6.07) is 16.4. The molecule has 5 nitrogen and oxygen atoms in total. The van der Waals surface area contributed by atoms with Crippen LogP contribution in [0.2, 0.25) is 0 Å². The van der Waals surface area contributed by atoms with Crippen LogP contribution in [0.1, 0.15) is 45.9 Å². The quantitative estimate of drug-likeness (QED) is 0.458. The molecule has 1 spiro atoms. The largest absolute Gasteiger partial charge is 0.355 e. The van der Waals surface area contributed by atoms with Gasteiger partial charge in [0.05, 0.1) is 18.1 Å². The summed E-state index contributed by atoms with van der Waals surface area (Å²) in [5.74, 6) is 1.37. The molecule has 2 N–H and O–H groups in total. The number of nitrogens with zero attached hydrogens (tertiary/aromatic N) is 3. The van der Waals surface area contributed by atoms with Crippen LogP contribution < -0.4 is 10.6 Å². The lowest BCUT2D eigenvalue weighted by molar-refractivity contribution is 0.102. The Labute approximate surface area is 193 Å². The van der Waals surface area contributed by atoms with E-state index in [1.54, 1.807) is 6.20 Å². The van der Waals surface area contributed by atoms with Crippen LogP contribution in [0.4, 0.5) is 5.82 Å². The maximum Gasteiger partial charge on any atom is 0.173 e. The fourth-order valence-electron chi connectivity index (χ4n) is 5.00. The van der Waals surface area contributed by atoms with Gasteiger partial charge in [-0.2, -0.15) is 0 Å². The Bertz CT molecular complexity index is 1110. The summed E-state index contributed by atoms with van der Waals surface area (Å²) in [5, 5.41) is 0.774. The van der Waals surface area contributed by atoms with Crippen molar-refractivity contribution in [2.75, 3.05) is 23.7 Å². The molecular formula is C26H28N4OS. The van der Waals surface area contributed by atoms with Crippen LogP contribution in [-0.4, -0.2) is 34.6 Å². The Balaban J connectivity index is 1.17. The van der Waals surface area contributed by atoms with Crippen molar-refractivity contribution in [3.05, 3.63) is 83.2 Å². The molecule has 2 aliphatic rings. The molecule has 0 bridgehead atoms. The number of anilines is 1. The zero-order valence-corrected chi connectivity index (χ0v) is 19.1. The van der Waals surface area contributed by atoms with E-state index in [1.165, 1.54) is 22.9 Å². The number of carbonyl (C=O) groups excluding carboxylic acids is 1. The average Bonchev–Trinajstić information content (AvgIpc) is 3.10. The molecule has 6 heteroatoms. The number of aryl methyl sites for hydroxylation is 1. The molecule has 1 aliphatic heterocycles. The first-order valence-electron chi connectivity index (χ1n) is 11.2. The van der Waals surface area contributed by atoms with Gasteiger partial charge in [0, 0.05) is 24.7 Å². The van der Waals surface area contributed by atoms with Crippen molar-refractivity contribution < 1.29 is 4.79 Å². The van der Waals surface area contributed by atoms with E-state index in [-0.39, 0.29) is 17.2 Å². The number of aromatic nitrogens is 2. The van der Waals surface area contributed by atoms with Gasteiger partial charge in [-0.25, -0.2) is 9.97 Å². The third-order valence-electron chi connectivity index (χ3n) is 7.01. The van der Waals surface area contributed by atoms with Crippen molar-refractivity contribution in [3.63, 3.8) is 0 Å². The fraction of sp³-hybridized carbons (Fsp3) is 0.346. The highest BCUT2D eigenvalue weighted by Crippen LogP contribution is 2.50. The fourth-order valence-corrected chi connectivity index (χ4v) is 5.70. The molecule has 1 atom stereocenters. The standard InChI is InChI=1S/C26H28N4OS/c1-18-6-8-19(9-7-18)22(31)17-32-24-16-28-23(15-29-24)30-12-10-26(11-13-30)14-20-4-2-3-5-21(20)25(26)27/h2-9,15-16,25H,10-14,17,27H2,1H3/t25-/m1/s1. The molecule has 32 heavy (non-hydrogen) atoms. The van der Waals surface area contributed by atoms with Gasteiger partial charge in [0.2, 0.25) is 0 Å². The third kappa shape index (κ3) is 4.05. The topological polar surface area (TPSA) is 72.1 Å². The second-order valence-corrected chi connectivity index (χ2v) is 9.99. The highest BCUT2D eigenvalue weighted by Gasteiger charge is 2.45. The summed E-state index contributed by atoms with van der Waals surface area (Å²) < 4.78 is 0. The van der Waals surface area contributed by atoms with E-state index in [9.17, 15) is 4.79 Å². The molecule has 2 heterocycles. The highest BCUT2D eigenvalue weighted by molar-refractivity contribution is 7.99. The minimum absolute atomic E-state index is 0.108. The summed E-state index contributed by atoms with van der Waals surface area (Å²) in [5.41, 5.74) is 11.5. The van der Waals surface area contributed by atoms with Gasteiger partial charge < -0.3 is 10.6 Å². The summed E-state index contributed by atoms with van der Waals surface area (Å²) >= 11 is 1.43. The van der Waals surface area contributed by atoms with E-state index in [4.69, 9.17) is 5.73 Å². The Hall–Kier alpha value is -2.70. The van der Waals surface area contributed by atoms with Crippen molar-refractivity contribution in [3.8, 4) is 0 Å². The number of nitrogens with two attached hydrogens (primary N) is 1. The molecule has 3 aromatic rings. The number of rotatable bonds is 5. The zero-order chi connectivity index (χ0) is 22.1. The Morgan fingerprint density at radius 3 is 2.53 bits per heavy atom. The average molecular weight is 445 g/mol. The van der Waals surface area contributed by atoms with Crippen LogP contribution in [0.15, 0.2) is 66.0 Å². The minimum Gasteiger partial charge on any atom is -0.355 e. The van der Waals surface area contributed by atoms with E-state index >= 15 is 0 Å². The summed E-state index contributed by atoms with van der Waals surface area (Å²) in [6.45, 7) is 3.90. The number of thioether (sulfide) groups is 1. The van der Waals surface area contributed by atoms with Crippen LogP contribution in [0, 0.1) is 12.3 Å². The maximum absolute atomic E-state index is 12.4. The molecule has 2 aromatic carbocycles. The SMILES string of the molecule is Cc1ccc(C(=O)CSc2cnc(N3CCC4(CC3)Cc3ccccc3[C@H]4N)cn2)cc1. The predicted molar refractivity (Wildman–Crippen MR) is 129 cm³/mol. The van der Waals surface area contributed by atoms with Crippen LogP contribution in [0.3, 0.4) is 0 Å². The molecular weight excluding hydrogens is 416 g/mol. The van der Waals surface area contributed by atoms with Crippen molar-refractivity contribution in [1.29, 1.82) is 0 Å². The van der Waals surface area contributed by atoms with Crippen LogP contribution in [-0.2, 0) is 6.42 Å². The predicted octanol–water partition coefficient (Wildman–Crippen LogP) is 4.60. The zero-order valence-electron chi connectivity index (χ0n) is 18.3. The molecule has 1 fully saturated rings. The third-order valence-corrected chi connectivity index (χ3v) is 7.93. The number of hydrogen-bond donors (Lipinski definition) is 1. The van der Waals surface area contributed by atoms with Gasteiger partial charge in [0.1, 0.15) is 10.8 Å². The molecule has 1 saturated heterocycles. The number of piperidine rings is 1. The summed E-state index contributed by atoms with van der Waals surface area (Å²) in [7, 11) is 0. The normalized spacial score (nSPS) is 19.2. The smallest absolute Gasteiger partial charge is 0.173 e. The van der Waals surface area contributed by atoms with Crippen molar-refractivity contribution in [2.45, 2.75) is 37.3 Å². The number of benzene rings is 2. The molecule has 5 rings (SSSR count). The molecule has 1 aliphatic carbocycles. The number of ketones is 1. The number of fused-ring (bicyclic) bond motifs is 1. The van der Waals surface area contributed by atoms with E-state index < -0.39 is 0 Å². The van der Waals surface area contributed by atoms with Crippen LogP contribution in [0.25, 0.3) is 0 Å². The van der Waals surface area contributed by atoms with E-state index in [2.05, 4.69) is 39.1 Å². The Kier molecular flexibility index (Phi) is 5.74. The first-order chi connectivity index (χ1) is 15.5. The van der Waals surface area contributed by atoms with Crippen molar-refractivity contribution in [2.24, 2.45) is 11.1 Å². The van der Waals surface area contributed by atoms with Gasteiger partial charge in [0.15, 0.2) is 5.78 Å². The van der Waals surface area contributed by atoms with Crippen LogP contribution in [0.5, 0.6) is 0 Å². The van der Waals surface area contributed by atoms with E-state index in [1.807, 2.05) is 37.4 Å². The van der Waals surface area contributed by atoms with Gasteiger partial charge in [0.25, 0.3) is 0 Å². The van der Waals surface area contributed by atoms with E-state index in [0.29, 0.717) is 5.75 Å². The summed E-state index contributed by atoms with van der Waals surface area (Å²) in [6.07, 6.45) is 6.82. The lowest BCUT2D eigenvalue weighted by atomic mass is 9.73. The maximum atomic E-state index is 12.4. The first kappa shape index (κ1) is 21.2. The monoisotopic (exact) mass is 444 g/mol. The summed E-state index contributed by atoms with van der Waals surface area (Å²) in [4.78, 5) is 23.9. The number of hydrogen-bond acceptors (Lipinski definition) is 6. The van der Waals surface area contributed by atoms with Gasteiger partial charge in [-0.05, 0) is 42.7 Å². The Morgan fingerprint density at radius 1 is 1.09 bits per heavy atom. The molecule has 164 valence electrons.